The fraction of sp³-hybridized carbons (Fsp3) is 0.458. The number of ether oxygens (including phenoxy) is 1. The molecule has 2 heterocycles. The average Bonchev–Trinajstić information content (AvgIpc) is 3.11. The number of anilines is 2. The Balaban J connectivity index is 1.55. The molecule has 1 aromatic heterocycles. The van der Waals surface area contributed by atoms with Crippen molar-refractivity contribution in [2.75, 3.05) is 56.7 Å². The van der Waals surface area contributed by atoms with Crippen LogP contribution in [0.5, 0.6) is 0 Å². The molecule has 1 aromatic carbocycles. The van der Waals surface area contributed by atoms with E-state index >= 15 is 0 Å². The van der Waals surface area contributed by atoms with Gasteiger partial charge in [-0.25, -0.2) is 0 Å². The molecule has 172 valence electrons. The van der Waals surface area contributed by atoms with E-state index in [1.165, 1.54) is 6.92 Å². The highest BCUT2D eigenvalue weighted by Crippen LogP contribution is 2.21. The van der Waals surface area contributed by atoms with Crippen LogP contribution in [0.15, 0.2) is 24.3 Å². The van der Waals surface area contributed by atoms with Gasteiger partial charge in [-0.15, -0.1) is 0 Å². The second kappa shape index (κ2) is 10.6. The number of likely N-dealkylation sites (N-methyl/N-ethyl adjacent to an activating group) is 1. The fourth-order valence-electron chi connectivity index (χ4n) is 4.15. The van der Waals surface area contributed by atoms with Gasteiger partial charge in [-0.05, 0) is 57.1 Å². The summed E-state index contributed by atoms with van der Waals surface area (Å²) in [5.74, 6) is -0.383. The van der Waals surface area contributed by atoms with Gasteiger partial charge >= 0.3 is 0 Å². The minimum Gasteiger partial charge on any atom is -0.378 e. The van der Waals surface area contributed by atoms with Crippen LogP contribution in [0.2, 0.25) is 0 Å². The zero-order valence-electron chi connectivity index (χ0n) is 19.3. The van der Waals surface area contributed by atoms with Crippen LogP contribution < -0.4 is 10.2 Å². The van der Waals surface area contributed by atoms with E-state index in [1.807, 2.05) is 31.2 Å². The molecule has 1 aliphatic heterocycles. The van der Waals surface area contributed by atoms with Crippen molar-refractivity contribution in [1.29, 1.82) is 0 Å². The summed E-state index contributed by atoms with van der Waals surface area (Å²) in [6, 6.07) is 7.74. The summed E-state index contributed by atoms with van der Waals surface area (Å²) in [6.45, 7) is 8.56. The van der Waals surface area contributed by atoms with Crippen molar-refractivity contribution in [3.63, 3.8) is 0 Å². The Morgan fingerprint density at radius 2 is 1.78 bits per heavy atom. The highest BCUT2D eigenvalue weighted by Gasteiger charge is 2.22. The van der Waals surface area contributed by atoms with Crippen molar-refractivity contribution >= 4 is 28.8 Å². The van der Waals surface area contributed by atoms with E-state index in [2.05, 4.69) is 15.2 Å². The lowest BCUT2D eigenvalue weighted by atomic mass is 10.0. The van der Waals surface area contributed by atoms with Crippen molar-refractivity contribution in [1.82, 2.24) is 9.88 Å². The van der Waals surface area contributed by atoms with Crippen molar-refractivity contribution in [3.8, 4) is 0 Å². The van der Waals surface area contributed by atoms with Crippen molar-refractivity contribution in [2.45, 2.75) is 27.2 Å². The van der Waals surface area contributed by atoms with Gasteiger partial charge in [0.1, 0.15) is 0 Å². The summed E-state index contributed by atoms with van der Waals surface area (Å²) < 4.78 is 5.38. The molecular weight excluding hydrogens is 408 g/mol. The molecule has 0 aliphatic carbocycles. The van der Waals surface area contributed by atoms with Crippen LogP contribution in [0.4, 0.5) is 11.4 Å². The number of aromatic amines is 1. The van der Waals surface area contributed by atoms with Crippen LogP contribution in [0.25, 0.3) is 0 Å². The Labute approximate surface area is 188 Å². The van der Waals surface area contributed by atoms with Gasteiger partial charge in [-0.1, -0.05) is 6.92 Å². The van der Waals surface area contributed by atoms with Crippen LogP contribution in [0.1, 0.15) is 46.0 Å². The third-order valence-electron chi connectivity index (χ3n) is 5.63. The molecule has 32 heavy (non-hydrogen) atoms. The number of nitrogens with zero attached hydrogens (tertiary/aromatic N) is 2. The molecule has 0 saturated carbocycles. The molecule has 8 nitrogen and oxygen atoms in total. The van der Waals surface area contributed by atoms with Gasteiger partial charge in [-0.3, -0.25) is 19.3 Å². The Bertz CT molecular complexity index is 975. The topological polar surface area (TPSA) is 94.7 Å². The quantitative estimate of drug-likeness (QED) is 0.582. The molecular formula is C24H32N4O4. The second-order valence-electron chi connectivity index (χ2n) is 8.18. The fourth-order valence-corrected chi connectivity index (χ4v) is 4.15. The summed E-state index contributed by atoms with van der Waals surface area (Å²) >= 11 is 0. The smallest absolute Gasteiger partial charge is 0.238 e. The van der Waals surface area contributed by atoms with E-state index in [-0.39, 0.29) is 30.6 Å². The summed E-state index contributed by atoms with van der Waals surface area (Å²) in [5.41, 5.74) is 4.33. The van der Waals surface area contributed by atoms with E-state index in [0.717, 1.165) is 37.6 Å². The van der Waals surface area contributed by atoms with Gasteiger partial charge in [0.2, 0.25) is 5.91 Å². The number of amides is 1. The standard InChI is InChI=1S/C24H32N4O4/c1-5-20-23(17(3)29)16(2)25-24(20)21(30)14-27(4)15-22(31)26-18-6-8-19(9-7-18)28-10-12-32-13-11-28/h6-9,25H,5,10-15H2,1-4H3,(H,26,31). The van der Waals surface area contributed by atoms with Crippen LogP contribution in [0.3, 0.4) is 0 Å². The van der Waals surface area contributed by atoms with Crippen LogP contribution in [-0.2, 0) is 16.0 Å². The van der Waals surface area contributed by atoms with Gasteiger partial charge in [0.25, 0.3) is 0 Å². The lowest BCUT2D eigenvalue weighted by Gasteiger charge is -2.28. The molecule has 3 rings (SSSR count). The highest BCUT2D eigenvalue weighted by molar-refractivity contribution is 6.04. The molecule has 0 bridgehead atoms. The number of benzene rings is 1. The first kappa shape index (κ1) is 23.7. The molecule has 2 aromatic rings. The minimum absolute atomic E-state index is 0.0537. The lowest BCUT2D eigenvalue weighted by Crippen LogP contribution is -2.36. The number of rotatable bonds is 9. The number of aryl methyl sites for hydroxylation is 1. The number of morpholine rings is 1. The monoisotopic (exact) mass is 440 g/mol. The maximum absolute atomic E-state index is 12.8. The molecule has 0 radical (unpaired) electrons. The Morgan fingerprint density at radius 3 is 2.38 bits per heavy atom. The first-order valence-corrected chi connectivity index (χ1v) is 11.0. The molecule has 8 heteroatoms. The van der Waals surface area contributed by atoms with Crippen molar-refractivity contribution < 1.29 is 19.1 Å². The maximum Gasteiger partial charge on any atom is 0.238 e. The average molecular weight is 441 g/mol. The van der Waals surface area contributed by atoms with Crippen LogP contribution in [0, 0.1) is 6.92 Å². The second-order valence-corrected chi connectivity index (χ2v) is 8.18. The van der Waals surface area contributed by atoms with Gasteiger partial charge in [-0.2, -0.15) is 0 Å². The largest absolute Gasteiger partial charge is 0.378 e. The number of nitrogens with one attached hydrogen (secondary N) is 2. The summed E-state index contributed by atoms with van der Waals surface area (Å²) in [6.07, 6.45) is 0.588. The van der Waals surface area contributed by atoms with E-state index in [1.54, 1.807) is 18.9 Å². The molecule has 1 fully saturated rings. The third-order valence-corrected chi connectivity index (χ3v) is 5.63. The SMILES string of the molecule is CCc1c(C(=O)CN(C)CC(=O)Nc2ccc(N3CCOCC3)cc2)[nH]c(C)c1C(C)=O. The van der Waals surface area contributed by atoms with Gasteiger partial charge in [0.05, 0.1) is 32.0 Å². The molecule has 1 amide bonds. The zero-order chi connectivity index (χ0) is 23.3. The lowest BCUT2D eigenvalue weighted by molar-refractivity contribution is -0.116. The first-order valence-electron chi connectivity index (χ1n) is 11.0. The molecule has 0 atom stereocenters. The molecule has 0 unspecified atom stereocenters. The van der Waals surface area contributed by atoms with Crippen molar-refractivity contribution in [3.05, 3.63) is 46.8 Å². The minimum atomic E-state index is -0.192. The normalized spacial score (nSPS) is 14.0. The van der Waals surface area contributed by atoms with E-state index in [9.17, 15) is 14.4 Å². The molecule has 0 spiro atoms. The predicted octanol–water partition coefficient (Wildman–Crippen LogP) is 2.68. The van der Waals surface area contributed by atoms with Crippen LogP contribution in [-0.4, -0.2) is 73.8 Å². The highest BCUT2D eigenvalue weighted by atomic mass is 16.5. The predicted molar refractivity (Wildman–Crippen MR) is 125 cm³/mol. The molecule has 1 saturated heterocycles. The Hall–Kier alpha value is -2.97. The van der Waals surface area contributed by atoms with Crippen LogP contribution >= 0.6 is 0 Å². The number of Topliss-reactive ketones (excluding diaryl/α,β-unsaturated/α-hetero) is 2. The number of aromatic nitrogens is 1. The number of hydrogen-bond acceptors (Lipinski definition) is 6. The zero-order valence-corrected chi connectivity index (χ0v) is 19.3. The molecule has 2 N–H and O–H groups in total. The van der Waals surface area contributed by atoms with Gasteiger partial charge in [0.15, 0.2) is 11.6 Å². The Kier molecular flexibility index (Phi) is 7.82. The third kappa shape index (κ3) is 5.63. The van der Waals surface area contributed by atoms with Gasteiger partial charge < -0.3 is 19.9 Å². The Morgan fingerprint density at radius 1 is 1.12 bits per heavy atom. The number of carbonyl (C=O) groups is 3. The summed E-state index contributed by atoms with van der Waals surface area (Å²) in [5, 5.41) is 2.88. The summed E-state index contributed by atoms with van der Waals surface area (Å²) in [7, 11) is 1.73. The number of H-pyrrole nitrogens is 1. The van der Waals surface area contributed by atoms with E-state index in [0.29, 0.717) is 29.1 Å². The van der Waals surface area contributed by atoms with E-state index < -0.39 is 0 Å². The summed E-state index contributed by atoms with van der Waals surface area (Å²) in [4.78, 5) is 44.2. The number of carbonyl (C=O) groups excluding carboxylic acids is 3. The maximum atomic E-state index is 12.8. The molecule has 1 aliphatic rings. The number of ketones is 2. The first-order chi connectivity index (χ1) is 15.3. The van der Waals surface area contributed by atoms with Gasteiger partial charge in [0, 0.05) is 35.7 Å². The van der Waals surface area contributed by atoms with E-state index in [4.69, 9.17) is 4.74 Å². The van der Waals surface area contributed by atoms with Crippen molar-refractivity contribution in [2.24, 2.45) is 0 Å². The number of hydrogen-bond donors (Lipinski definition) is 2.